The first-order valence-electron chi connectivity index (χ1n) is 2.30. The molecular formula is C6H8O2. The van der Waals surface area contributed by atoms with E-state index in [-0.39, 0.29) is 0 Å². The highest BCUT2D eigenvalue weighted by atomic mass is 16.5. The van der Waals surface area contributed by atoms with Crippen LogP contribution in [0, 0.1) is 12.2 Å². The SMILES string of the molecule is C=COC#COCC. The van der Waals surface area contributed by atoms with Crippen molar-refractivity contribution in [1.82, 2.24) is 0 Å². The Balaban J connectivity index is 3.07. The minimum atomic E-state index is 0.577. The number of ether oxygens (including phenoxy) is 2. The molecule has 0 saturated heterocycles. The van der Waals surface area contributed by atoms with Gasteiger partial charge in [0.1, 0.15) is 0 Å². The van der Waals surface area contributed by atoms with E-state index in [1.807, 2.05) is 6.92 Å². The van der Waals surface area contributed by atoms with Crippen molar-refractivity contribution in [1.29, 1.82) is 0 Å². The quantitative estimate of drug-likeness (QED) is 0.393. The van der Waals surface area contributed by atoms with Crippen LogP contribution >= 0.6 is 0 Å². The van der Waals surface area contributed by atoms with Crippen LogP contribution in [0.5, 0.6) is 0 Å². The summed E-state index contributed by atoms with van der Waals surface area (Å²) in [6, 6.07) is 0. The molecule has 0 atom stereocenters. The van der Waals surface area contributed by atoms with Gasteiger partial charge in [-0.3, -0.25) is 0 Å². The molecule has 0 fully saturated rings. The van der Waals surface area contributed by atoms with Gasteiger partial charge in [0.05, 0.1) is 12.9 Å². The summed E-state index contributed by atoms with van der Waals surface area (Å²) in [6.45, 7) is 5.70. The lowest BCUT2D eigenvalue weighted by atomic mass is 10.9. The standard InChI is InChI=1S/C6H8O2/c1-3-7-5-6-8-4-2/h3H,1,4H2,2H3. The van der Waals surface area contributed by atoms with Gasteiger partial charge in [-0.05, 0) is 6.92 Å². The first-order valence-corrected chi connectivity index (χ1v) is 2.30. The maximum Gasteiger partial charge on any atom is 0.160 e. The fourth-order valence-corrected chi connectivity index (χ4v) is 0.167. The Bertz CT molecular complexity index is 107. The molecule has 0 rings (SSSR count). The van der Waals surface area contributed by atoms with Gasteiger partial charge in [-0.15, -0.1) is 0 Å². The average molecular weight is 112 g/mol. The van der Waals surface area contributed by atoms with Gasteiger partial charge in [-0.2, -0.15) is 0 Å². The molecule has 0 aromatic rings. The van der Waals surface area contributed by atoms with Crippen molar-refractivity contribution < 1.29 is 9.47 Å². The molecule has 0 aromatic heterocycles. The van der Waals surface area contributed by atoms with E-state index >= 15 is 0 Å². The van der Waals surface area contributed by atoms with Gasteiger partial charge in [-0.25, -0.2) is 0 Å². The van der Waals surface area contributed by atoms with Crippen LogP contribution in [0.2, 0.25) is 0 Å². The van der Waals surface area contributed by atoms with E-state index < -0.39 is 0 Å². The van der Waals surface area contributed by atoms with Gasteiger partial charge in [0.15, 0.2) is 12.2 Å². The van der Waals surface area contributed by atoms with Crippen molar-refractivity contribution in [3.05, 3.63) is 12.8 Å². The first kappa shape index (κ1) is 6.90. The molecule has 0 unspecified atom stereocenters. The molecule has 0 bridgehead atoms. The van der Waals surface area contributed by atoms with E-state index in [9.17, 15) is 0 Å². The van der Waals surface area contributed by atoms with Crippen molar-refractivity contribution in [2.75, 3.05) is 6.61 Å². The minimum absolute atomic E-state index is 0.577. The van der Waals surface area contributed by atoms with E-state index in [4.69, 9.17) is 0 Å². The van der Waals surface area contributed by atoms with Crippen LogP contribution in [0.25, 0.3) is 0 Å². The molecule has 0 spiro atoms. The third kappa shape index (κ3) is 4.90. The summed E-state index contributed by atoms with van der Waals surface area (Å²) in [5.41, 5.74) is 0. The molecule has 44 valence electrons. The van der Waals surface area contributed by atoms with Crippen LogP contribution in [-0.4, -0.2) is 6.61 Å². The lowest BCUT2D eigenvalue weighted by Gasteiger charge is -1.83. The summed E-state index contributed by atoms with van der Waals surface area (Å²) < 4.78 is 9.02. The first-order chi connectivity index (χ1) is 3.91. The Morgan fingerprint density at radius 1 is 1.62 bits per heavy atom. The smallest absolute Gasteiger partial charge is 0.160 e. The number of hydrogen-bond donors (Lipinski definition) is 0. The van der Waals surface area contributed by atoms with Crippen LogP contribution in [0.4, 0.5) is 0 Å². The van der Waals surface area contributed by atoms with Crippen molar-refractivity contribution in [3.8, 4) is 12.2 Å². The Morgan fingerprint density at radius 3 is 2.88 bits per heavy atom. The number of hydrogen-bond acceptors (Lipinski definition) is 2. The fourth-order valence-electron chi connectivity index (χ4n) is 0.167. The zero-order valence-corrected chi connectivity index (χ0v) is 4.81. The largest absolute Gasteiger partial charge is 0.445 e. The topological polar surface area (TPSA) is 18.5 Å². The summed E-state index contributed by atoms with van der Waals surface area (Å²) in [7, 11) is 0. The van der Waals surface area contributed by atoms with Crippen LogP contribution in [0.1, 0.15) is 6.92 Å². The number of rotatable bonds is 2. The molecular weight excluding hydrogens is 104 g/mol. The molecule has 2 nitrogen and oxygen atoms in total. The van der Waals surface area contributed by atoms with Gasteiger partial charge < -0.3 is 9.47 Å². The van der Waals surface area contributed by atoms with Crippen LogP contribution in [0.15, 0.2) is 12.8 Å². The summed E-state index contributed by atoms with van der Waals surface area (Å²) in [5.74, 6) is 0. The van der Waals surface area contributed by atoms with E-state index in [2.05, 4.69) is 28.3 Å². The van der Waals surface area contributed by atoms with Crippen molar-refractivity contribution in [3.63, 3.8) is 0 Å². The molecule has 0 radical (unpaired) electrons. The van der Waals surface area contributed by atoms with Crippen LogP contribution in [0.3, 0.4) is 0 Å². The third-order valence-corrected chi connectivity index (χ3v) is 0.400. The molecule has 0 saturated carbocycles. The maximum atomic E-state index is 4.60. The average Bonchev–Trinajstić information content (AvgIpc) is 1.81. The summed E-state index contributed by atoms with van der Waals surface area (Å²) in [6.07, 6.45) is 5.78. The lowest BCUT2D eigenvalue weighted by molar-refractivity contribution is 0.291. The van der Waals surface area contributed by atoms with Gasteiger partial charge >= 0.3 is 0 Å². The molecule has 0 aliphatic heterocycles. The van der Waals surface area contributed by atoms with Gasteiger partial charge in [0.2, 0.25) is 0 Å². The molecule has 8 heavy (non-hydrogen) atoms. The molecule has 0 N–H and O–H groups in total. The minimum Gasteiger partial charge on any atom is -0.445 e. The van der Waals surface area contributed by atoms with Crippen LogP contribution < -0.4 is 0 Å². The molecule has 0 aliphatic carbocycles. The molecule has 0 aromatic carbocycles. The van der Waals surface area contributed by atoms with Gasteiger partial charge in [0.25, 0.3) is 0 Å². The van der Waals surface area contributed by atoms with Crippen molar-refractivity contribution in [2.24, 2.45) is 0 Å². The van der Waals surface area contributed by atoms with Crippen molar-refractivity contribution >= 4 is 0 Å². The summed E-state index contributed by atoms with van der Waals surface area (Å²) >= 11 is 0. The monoisotopic (exact) mass is 112 g/mol. The molecule has 0 amide bonds. The fraction of sp³-hybridized carbons (Fsp3) is 0.333. The summed E-state index contributed by atoms with van der Waals surface area (Å²) in [4.78, 5) is 0. The highest BCUT2D eigenvalue weighted by Gasteiger charge is 1.64. The van der Waals surface area contributed by atoms with Crippen LogP contribution in [-0.2, 0) is 9.47 Å². The second-order valence-electron chi connectivity index (χ2n) is 0.922. The van der Waals surface area contributed by atoms with E-state index in [1.165, 1.54) is 6.26 Å². The summed E-state index contributed by atoms with van der Waals surface area (Å²) in [5, 5.41) is 0. The Kier molecular flexibility index (Phi) is 5.09. The van der Waals surface area contributed by atoms with E-state index in [0.717, 1.165) is 0 Å². The Labute approximate surface area is 49.1 Å². The predicted molar refractivity (Wildman–Crippen MR) is 30.7 cm³/mol. The zero-order chi connectivity index (χ0) is 6.24. The van der Waals surface area contributed by atoms with Gasteiger partial charge in [0, 0.05) is 0 Å². The van der Waals surface area contributed by atoms with E-state index in [1.54, 1.807) is 0 Å². The Hall–Kier alpha value is -1.10. The lowest BCUT2D eigenvalue weighted by Crippen LogP contribution is -1.76. The second-order valence-corrected chi connectivity index (χ2v) is 0.922. The third-order valence-electron chi connectivity index (χ3n) is 0.400. The second kappa shape index (κ2) is 5.90. The Morgan fingerprint density at radius 2 is 2.38 bits per heavy atom. The molecule has 0 heterocycles. The molecule has 2 heteroatoms. The zero-order valence-electron chi connectivity index (χ0n) is 4.81. The van der Waals surface area contributed by atoms with E-state index in [0.29, 0.717) is 6.61 Å². The van der Waals surface area contributed by atoms with Crippen molar-refractivity contribution in [2.45, 2.75) is 6.92 Å². The predicted octanol–water partition coefficient (Wildman–Crippen LogP) is 1.10. The highest BCUT2D eigenvalue weighted by Crippen LogP contribution is 1.68. The van der Waals surface area contributed by atoms with Gasteiger partial charge in [-0.1, -0.05) is 6.58 Å². The normalized spacial score (nSPS) is 6.12. The maximum absolute atomic E-state index is 4.60. The highest BCUT2D eigenvalue weighted by molar-refractivity contribution is 4.82. The molecule has 0 aliphatic rings.